The van der Waals surface area contributed by atoms with Crippen LogP contribution in [0, 0.1) is 5.92 Å². The van der Waals surface area contributed by atoms with Gasteiger partial charge < -0.3 is 18.8 Å². The van der Waals surface area contributed by atoms with Crippen LogP contribution in [0.1, 0.15) is 69.4 Å². The predicted octanol–water partition coefficient (Wildman–Crippen LogP) is 5.47. The summed E-state index contributed by atoms with van der Waals surface area (Å²) >= 11 is 6.33. The maximum atomic E-state index is 6.59. The van der Waals surface area contributed by atoms with Crippen LogP contribution in [-0.4, -0.2) is 44.1 Å². The van der Waals surface area contributed by atoms with E-state index >= 15 is 0 Å². The minimum atomic E-state index is -0.633. The van der Waals surface area contributed by atoms with Crippen LogP contribution in [0.25, 0.3) is 11.0 Å². The lowest BCUT2D eigenvalue weighted by atomic mass is 9.94. The van der Waals surface area contributed by atoms with E-state index in [1.165, 1.54) is 30.4 Å². The maximum Gasteiger partial charge on any atom is 0.163 e. The van der Waals surface area contributed by atoms with Crippen LogP contribution in [0.5, 0.6) is 5.75 Å². The van der Waals surface area contributed by atoms with Crippen LogP contribution >= 0.6 is 11.6 Å². The van der Waals surface area contributed by atoms with E-state index in [0.717, 1.165) is 54.6 Å². The van der Waals surface area contributed by atoms with E-state index in [1.54, 1.807) is 0 Å². The molecule has 3 aromatic rings. The number of hydrogen-bond acceptors (Lipinski definition) is 6. The van der Waals surface area contributed by atoms with E-state index in [-0.39, 0.29) is 24.2 Å². The molecule has 0 N–H and O–H groups in total. The molecule has 7 nitrogen and oxygen atoms in total. The van der Waals surface area contributed by atoms with E-state index in [2.05, 4.69) is 27.5 Å². The standard InChI is InChI=1S/C27H33ClN4O3/c1-4-7-17-13-22(18-8-5-6-9-20(18)31-17)33-14-16-12-21(24-23(16)34-27(2,3)35-24)32-11-10-19-25(28)29-15-30-26(19)32/h10-11,13,15-16,21,23-24H,4-9,12,14H2,1-3H3/t16?,21-,23-,24+/m1/s1. The average Bonchev–Trinajstić information content (AvgIpc) is 3.49. The molecule has 2 aliphatic carbocycles. The molecular weight excluding hydrogens is 464 g/mol. The highest BCUT2D eigenvalue weighted by molar-refractivity contribution is 6.33. The Morgan fingerprint density at radius 1 is 1.17 bits per heavy atom. The Kier molecular flexibility index (Phi) is 5.98. The second-order valence-electron chi connectivity index (χ2n) is 10.6. The smallest absolute Gasteiger partial charge is 0.163 e. The molecule has 3 aliphatic rings. The molecule has 3 aromatic heterocycles. The van der Waals surface area contributed by atoms with E-state index in [4.69, 9.17) is 30.8 Å². The SMILES string of the molecule is CCCc1cc(OCC2C[C@@H](n3ccc4c(Cl)ncnc43)[C@@H]3OC(C)(C)O[C@H]23)c2c(n1)CCCC2. The summed E-state index contributed by atoms with van der Waals surface area (Å²) in [4.78, 5) is 13.6. The van der Waals surface area contributed by atoms with Crippen LogP contribution in [0.4, 0.5) is 0 Å². The Labute approximate surface area is 211 Å². The first-order valence-corrected chi connectivity index (χ1v) is 13.3. The highest BCUT2D eigenvalue weighted by Crippen LogP contribution is 2.48. The molecule has 1 saturated carbocycles. The first kappa shape index (κ1) is 23.2. The van der Waals surface area contributed by atoms with Crippen molar-refractivity contribution in [3.8, 4) is 5.75 Å². The summed E-state index contributed by atoms with van der Waals surface area (Å²) in [6, 6.07) is 4.24. The lowest BCUT2D eigenvalue weighted by Gasteiger charge is -2.25. The van der Waals surface area contributed by atoms with Crippen LogP contribution in [-0.2, 0) is 28.7 Å². The summed E-state index contributed by atoms with van der Waals surface area (Å²) in [5, 5.41) is 1.33. The number of fused-ring (bicyclic) bond motifs is 3. The number of hydrogen-bond donors (Lipinski definition) is 0. The zero-order valence-electron chi connectivity index (χ0n) is 20.7. The minimum Gasteiger partial charge on any atom is -0.493 e. The van der Waals surface area contributed by atoms with Gasteiger partial charge in [-0.2, -0.15) is 0 Å². The fraction of sp³-hybridized carbons (Fsp3) is 0.593. The first-order chi connectivity index (χ1) is 16.9. The van der Waals surface area contributed by atoms with Crippen LogP contribution in [0.3, 0.4) is 0 Å². The van der Waals surface area contributed by atoms with Gasteiger partial charge in [0.2, 0.25) is 0 Å². The molecule has 8 heteroatoms. The first-order valence-electron chi connectivity index (χ1n) is 12.9. The zero-order valence-corrected chi connectivity index (χ0v) is 21.4. The predicted molar refractivity (Wildman–Crippen MR) is 134 cm³/mol. The summed E-state index contributed by atoms with van der Waals surface area (Å²) in [5.74, 6) is 0.581. The van der Waals surface area contributed by atoms with Gasteiger partial charge in [-0.05, 0) is 58.4 Å². The van der Waals surface area contributed by atoms with Crippen LogP contribution in [0.15, 0.2) is 24.7 Å². The molecule has 35 heavy (non-hydrogen) atoms. The van der Waals surface area contributed by atoms with Crippen molar-refractivity contribution in [1.82, 2.24) is 19.5 Å². The number of halogens is 1. The largest absolute Gasteiger partial charge is 0.493 e. The van der Waals surface area contributed by atoms with Crippen molar-refractivity contribution >= 4 is 22.6 Å². The monoisotopic (exact) mass is 496 g/mol. The van der Waals surface area contributed by atoms with Gasteiger partial charge in [0.1, 0.15) is 29.0 Å². The summed E-state index contributed by atoms with van der Waals surface area (Å²) in [6.07, 6.45) is 10.9. The molecule has 2 fully saturated rings. The molecule has 0 spiro atoms. The van der Waals surface area contributed by atoms with Crippen LogP contribution < -0.4 is 4.74 Å². The van der Waals surface area contributed by atoms with Gasteiger partial charge in [0.25, 0.3) is 0 Å². The van der Waals surface area contributed by atoms with E-state index < -0.39 is 5.79 Å². The summed E-state index contributed by atoms with van der Waals surface area (Å²) in [6.45, 7) is 6.77. The number of aromatic nitrogens is 4. The second kappa shape index (κ2) is 9.02. The van der Waals surface area contributed by atoms with Crippen molar-refractivity contribution in [3.63, 3.8) is 0 Å². The summed E-state index contributed by atoms with van der Waals surface area (Å²) in [7, 11) is 0. The molecule has 1 saturated heterocycles. The quantitative estimate of drug-likeness (QED) is 0.421. The summed E-state index contributed by atoms with van der Waals surface area (Å²) < 4.78 is 21.6. The fourth-order valence-electron chi connectivity index (χ4n) is 6.13. The molecule has 186 valence electrons. The number of aryl methyl sites for hydroxylation is 2. The Bertz CT molecular complexity index is 1240. The Balaban J connectivity index is 1.28. The van der Waals surface area contributed by atoms with Gasteiger partial charge in [0, 0.05) is 35.1 Å². The molecule has 1 unspecified atom stereocenters. The molecule has 1 aliphatic heterocycles. The number of nitrogens with zero attached hydrogens (tertiary/aromatic N) is 4. The molecule has 0 bridgehead atoms. The van der Waals surface area contributed by atoms with Crippen LogP contribution in [0.2, 0.25) is 5.15 Å². The van der Waals surface area contributed by atoms with Gasteiger partial charge in [-0.25, -0.2) is 9.97 Å². The van der Waals surface area contributed by atoms with Crippen molar-refractivity contribution in [2.24, 2.45) is 5.92 Å². The van der Waals surface area contributed by atoms with Gasteiger partial charge >= 0.3 is 0 Å². The zero-order chi connectivity index (χ0) is 24.2. The number of rotatable bonds is 6. The molecule has 0 aromatic carbocycles. The second-order valence-corrected chi connectivity index (χ2v) is 10.9. The minimum absolute atomic E-state index is 0.0439. The fourth-order valence-corrected chi connectivity index (χ4v) is 6.32. The van der Waals surface area contributed by atoms with Crippen molar-refractivity contribution < 1.29 is 14.2 Å². The molecule has 4 atom stereocenters. The normalized spacial score (nSPS) is 27.2. The van der Waals surface area contributed by atoms with Gasteiger partial charge in [0.05, 0.1) is 24.1 Å². The third-order valence-electron chi connectivity index (χ3n) is 7.64. The molecular formula is C27H33ClN4O3. The van der Waals surface area contributed by atoms with Gasteiger partial charge in [-0.15, -0.1) is 0 Å². The van der Waals surface area contributed by atoms with Crippen molar-refractivity contribution in [2.45, 2.75) is 89.8 Å². The molecule has 0 radical (unpaired) electrons. The Hall–Kier alpha value is -2.22. The number of pyridine rings is 1. The van der Waals surface area contributed by atoms with Crippen molar-refractivity contribution in [1.29, 1.82) is 0 Å². The lowest BCUT2D eigenvalue weighted by Crippen LogP contribution is -2.29. The van der Waals surface area contributed by atoms with Crippen molar-refractivity contribution in [2.75, 3.05) is 6.61 Å². The van der Waals surface area contributed by atoms with E-state index in [1.807, 2.05) is 26.1 Å². The van der Waals surface area contributed by atoms with Gasteiger partial charge in [-0.1, -0.05) is 24.9 Å². The molecule has 0 amide bonds. The van der Waals surface area contributed by atoms with Gasteiger partial charge in [0.15, 0.2) is 5.79 Å². The lowest BCUT2D eigenvalue weighted by molar-refractivity contribution is -0.161. The third-order valence-corrected chi connectivity index (χ3v) is 7.94. The molecule has 4 heterocycles. The highest BCUT2D eigenvalue weighted by Gasteiger charge is 2.55. The third kappa shape index (κ3) is 4.21. The highest BCUT2D eigenvalue weighted by atomic mass is 35.5. The Morgan fingerprint density at radius 2 is 2.00 bits per heavy atom. The van der Waals surface area contributed by atoms with E-state index in [9.17, 15) is 0 Å². The topological polar surface area (TPSA) is 71.3 Å². The van der Waals surface area contributed by atoms with Crippen molar-refractivity contribution in [3.05, 3.63) is 46.8 Å². The molecule has 6 rings (SSSR count). The maximum absolute atomic E-state index is 6.59. The number of ether oxygens (including phenoxy) is 3. The van der Waals surface area contributed by atoms with E-state index in [0.29, 0.717) is 11.8 Å². The van der Waals surface area contributed by atoms with Gasteiger partial charge in [-0.3, -0.25) is 4.98 Å². The summed E-state index contributed by atoms with van der Waals surface area (Å²) in [5.41, 5.74) is 4.50. The Morgan fingerprint density at radius 3 is 2.86 bits per heavy atom. The average molecular weight is 497 g/mol.